The zero-order valence-electron chi connectivity index (χ0n) is 17.1. The molecule has 6 nitrogen and oxygen atoms in total. The van der Waals surface area contributed by atoms with E-state index in [-0.39, 0.29) is 17.5 Å². The fourth-order valence-electron chi connectivity index (χ4n) is 3.83. The van der Waals surface area contributed by atoms with Crippen molar-refractivity contribution < 1.29 is 27.5 Å². The first-order valence-corrected chi connectivity index (χ1v) is 9.81. The average molecular weight is 428 g/mol. The molecular formula is C23H22F2N2O4. The Balaban J connectivity index is 1.52. The lowest BCUT2D eigenvalue weighted by atomic mass is 10.1. The van der Waals surface area contributed by atoms with Crippen LogP contribution in [0.25, 0.3) is 0 Å². The molecular weight excluding hydrogens is 406 g/mol. The van der Waals surface area contributed by atoms with E-state index >= 15 is 0 Å². The summed E-state index contributed by atoms with van der Waals surface area (Å²) in [6.07, 6.45) is 2.40. The van der Waals surface area contributed by atoms with Crippen molar-refractivity contribution in [3.05, 3.63) is 71.7 Å². The third-order valence-corrected chi connectivity index (χ3v) is 5.29. The second-order valence-electron chi connectivity index (χ2n) is 7.27. The van der Waals surface area contributed by atoms with Crippen molar-refractivity contribution in [1.82, 2.24) is 0 Å². The lowest BCUT2D eigenvalue weighted by Gasteiger charge is -2.24. The van der Waals surface area contributed by atoms with Crippen LogP contribution in [0.2, 0.25) is 0 Å². The van der Waals surface area contributed by atoms with Crippen LogP contribution in [0.5, 0.6) is 11.5 Å². The first-order valence-electron chi connectivity index (χ1n) is 9.81. The van der Waals surface area contributed by atoms with E-state index in [0.29, 0.717) is 23.6 Å². The molecule has 2 aromatic carbocycles. The Morgan fingerprint density at radius 2 is 2.03 bits per heavy atom. The van der Waals surface area contributed by atoms with Crippen molar-refractivity contribution >= 4 is 17.3 Å². The monoisotopic (exact) mass is 428 g/mol. The molecule has 0 aliphatic carbocycles. The third kappa shape index (κ3) is 4.33. The van der Waals surface area contributed by atoms with Crippen molar-refractivity contribution in [3.8, 4) is 11.5 Å². The van der Waals surface area contributed by atoms with Gasteiger partial charge < -0.3 is 24.1 Å². The molecule has 162 valence electrons. The van der Waals surface area contributed by atoms with Crippen LogP contribution >= 0.6 is 0 Å². The number of para-hydroxylation sites is 1. The fourth-order valence-corrected chi connectivity index (χ4v) is 3.83. The Bertz CT molecular complexity index is 1080. The average Bonchev–Trinajstić information content (AvgIpc) is 3.33. The number of furan rings is 1. The van der Waals surface area contributed by atoms with Crippen molar-refractivity contribution in [2.45, 2.75) is 32.5 Å². The summed E-state index contributed by atoms with van der Waals surface area (Å²) in [6.45, 7) is -0.438. The van der Waals surface area contributed by atoms with Gasteiger partial charge in [-0.2, -0.15) is 8.78 Å². The number of methoxy groups -OCH3 is 1. The van der Waals surface area contributed by atoms with Crippen molar-refractivity contribution in [3.63, 3.8) is 0 Å². The summed E-state index contributed by atoms with van der Waals surface area (Å²) >= 11 is 0. The lowest BCUT2D eigenvalue weighted by molar-refractivity contribution is -0.0511. The molecule has 1 unspecified atom stereocenters. The molecule has 0 saturated carbocycles. The maximum absolute atomic E-state index is 12.9. The molecule has 0 bridgehead atoms. The van der Waals surface area contributed by atoms with Crippen LogP contribution in [0.3, 0.4) is 0 Å². The highest BCUT2D eigenvalue weighted by Gasteiger charge is 2.28. The minimum Gasteiger partial charge on any atom is -0.493 e. The van der Waals surface area contributed by atoms with Crippen LogP contribution < -0.4 is 19.7 Å². The Morgan fingerprint density at radius 1 is 1.23 bits per heavy atom. The maximum atomic E-state index is 12.9. The first-order chi connectivity index (χ1) is 15.0. The standard InChI is InChI=1S/C23H22F2N2O4/c1-14-11-15-5-3-4-6-18(15)27(14)13-21-17(9-10-30-21)22(28)26-16-7-8-19(29-2)20(12-16)31-23(24)25/h3-10,12,14,23H,11,13H2,1-2H3,(H,26,28). The Labute approximate surface area is 178 Å². The molecule has 1 amide bonds. The highest BCUT2D eigenvalue weighted by Crippen LogP contribution is 2.34. The number of nitrogens with zero attached hydrogens (tertiary/aromatic N) is 1. The third-order valence-electron chi connectivity index (χ3n) is 5.29. The van der Waals surface area contributed by atoms with Gasteiger partial charge in [-0.3, -0.25) is 4.79 Å². The SMILES string of the molecule is COc1ccc(NC(=O)c2ccoc2CN2c3ccccc3CC2C)cc1OC(F)F. The number of carbonyl (C=O) groups excluding carboxylic acids is 1. The summed E-state index contributed by atoms with van der Waals surface area (Å²) < 4.78 is 40.4. The van der Waals surface area contributed by atoms with Crippen LogP contribution in [-0.2, 0) is 13.0 Å². The van der Waals surface area contributed by atoms with Gasteiger partial charge in [0, 0.05) is 23.5 Å². The number of ether oxygens (including phenoxy) is 2. The number of benzene rings is 2. The number of anilines is 2. The molecule has 0 saturated heterocycles. The molecule has 1 atom stereocenters. The molecule has 0 fully saturated rings. The quantitative estimate of drug-likeness (QED) is 0.568. The van der Waals surface area contributed by atoms with E-state index in [0.717, 1.165) is 12.1 Å². The number of hydrogen-bond donors (Lipinski definition) is 1. The van der Waals surface area contributed by atoms with Gasteiger partial charge in [-0.05, 0) is 43.2 Å². The molecule has 0 radical (unpaired) electrons. The van der Waals surface area contributed by atoms with E-state index in [1.165, 1.54) is 31.1 Å². The second kappa shape index (κ2) is 8.67. The van der Waals surface area contributed by atoms with Gasteiger partial charge in [-0.15, -0.1) is 0 Å². The van der Waals surface area contributed by atoms with E-state index in [1.54, 1.807) is 12.1 Å². The minimum absolute atomic E-state index is 0.143. The molecule has 3 aromatic rings. The summed E-state index contributed by atoms with van der Waals surface area (Å²) in [4.78, 5) is 15.1. The van der Waals surface area contributed by atoms with Crippen molar-refractivity contribution in [2.75, 3.05) is 17.3 Å². The number of nitrogens with one attached hydrogen (secondary N) is 1. The number of fused-ring (bicyclic) bond motifs is 1. The molecule has 2 heterocycles. The normalized spacial score (nSPS) is 15.1. The van der Waals surface area contributed by atoms with Gasteiger partial charge in [0.1, 0.15) is 5.76 Å². The molecule has 8 heteroatoms. The van der Waals surface area contributed by atoms with E-state index in [2.05, 4.69) is 34.0 Å². The predicted octanol–water partition coefficient (Wildman–Crippen LogP) is 5.09. The maximum Gasteiger partial charge on any atom is 0.387 e. The summed E-state index contributed by atoms with van der Waals surface area (Å²) in [6, 6.07) is 14.3. The summed E-state index contributed by atoms with van der Waals surface area (Å²) in [5, 5.41) is 2.71. The van der Waals surface area contributed by atoms with E-state index in [4.69, 9.17) is 9.15 Å². The Hall–Kier alpha value is -3.55. The topological polar surface area (TPSA) is 63.9 Å². The van der Waals surface area contributed by atoms with Crippen LogP contribution in [0.15, 0.2) is 59.2 Å². The first kappa shape index (κ1) is 20.7. The van der Waals surface area contributed by atoms with Crippen LogP contribution in [0.4, 0.5) is 20.2 Å². The van der Waals surface area contributed by atoms with Crippen molar-refractivity contribution in [1.29, 1.82) is 0 Å². The van der Waals surface area contributed by atoms with Gasteiger partial charge in [0.2, 0.25) is 0 Å². The van der Waals surface area contributed by atoms with Gasteiger partial charge in [-0.25, -0.2) is 0 Å². The molecule has 1 aliphatic rings. The van der Waals surface area contributed by atoms with Gasteiger partial charge in [0.25, 0.3) is 5.91 Å². The number of amides is 1. The van der Waals surface area contributed by atoms with Gasteiger partial charge in [0.15, 0.2) is 11.5 Å². The zero-order chi connectivity index (χ0) is 22.0. The van der Waals surface area contributed by atoms with Crippen LogP contribution in [0.1, 0.15) is 28.6 Å². The molecule has 1 aromatic heterocycles. The van der Waals surface area contributed by atoms with E-state index in [9.17, 15) is 13.6 Å². The number of rotatable bonds is 7. The summed E-state index contributed by atoms with van der Waals surface area (Å²) in [7, 11) is 1.35. The molecule has 4 rings (SSSR count). The molecule has 31 heavy (non-hydrogen) atoms. The largest absolute Gasteiger partial charge is 0.493 e. The van der Waals surface area contributed by atoms with E-state index < -0.39 is 12.5 Å². The fraction of sp³-hybridized carbons (Fsp3) is 0.261. The van der Waals surface area contributed by atoms with Crippen LogP contribution in [0, 0.1) is 0 Å². The van der Waals surface area contributed by atoms with Crippen LogP contribution in [-0.4, -0.2) is 25.7 Å². The number of alkyl halides is 2. The summed E-state index contributed by atoms with van der Waals surface area (Å²) in [5.74, 6) is 0.102. The number of hydrogen-bond acceptors (Lipinski definition) is 5. The van der Waals surface area contributed by atoms with Crippen molar-refractivity contribution in [2.24, 2.45) is 0 Å². The lowest BCUT2D eigenvalue weighted by Crippen LogP contribution is -2.29. The Kier molecular flexibility index (Phi) is 5.79. The molecule has 1 aliphatic heterocycles. The van der Waals surface area contributed by atoms with Gasteiger partial charge in [-0.1, -0.05) is 18.2 Å². The van der Waals surface area contributed by atoms with Gasteiger partial charge in [0.05, 0.1) is 25.5 Å². The van der Waals surface area contributed by atoms with Gasteiger partial charge >= 0.3 is 6.61 Å². The highest BCUT2D eigenvalue weighted by atomic mass is 19.3. The zero-order valence-corrected chi connectivity index (χ0v) is 17.1. The number of halogens is 2. The Morgan fingerprint density at radius 3 is 2.81 bits per heavy atom. The highest BCUT2D eigenvalue weighted by molar-refractivity contribution is 6.05. The van der Waals surface area contributed by atoms with E-state index in [1.807, 2.05) is 12.1 Å². The second-order valence-corrected chi connectivity index (χ2v) is 7.27. The predicted molar refractivity (Wildman–Crippen MR) is 112 cm³/mol. The number of carbonyl (C=O) groups is 1. The molecule has 1 N–H and O–H groups in total. The molecule has 0 spiro atoms. The minimum atomic E-state index is -3.01. The summed E-state index contributed by atoms with van der Waals surface area (Å²) in [5.41, 5.74) is 3.07. The smallest absolute Gasteiger partial charge is 0.387 e.